The molecule has 130 valence electrons. The van der Waals surface area contributed by atoms with Crippen molar-refractivity contribution < 1.29 is 10.2 Å². The lowest BCUT2D eigenvalue weighted by Gasteiger charge is -2.32. The first-order valence-electron chi connectivity index (χ1n) is 7.79. The second kappa shape index (κ2) is 5.21. The summed E-state index contributed by atoms with van der Waals surface area (Å²) in [5.74, 6) is 0.607. The van der Waals surface area contributed by atoms with Gasteiger partial charge in [0.25, 0.3) is 5.56 Å². The van der Waals surface area contributed by atoms with Crippen LogP contribution in [0.5, 0.6) is 5.75 Å². The molecule has 0 bridgehead atoms. The van der Waals surface area contributed by atoms with Crippen LogP contribution < -0.4 is 16.1 Å². The van der Waals surface area contributed by atoms with Crippen LogP contribution in [0.1, 0.15) is 0 Å². The Balaban J connectivity index is 2.03. The molecule has 4 rings (SSSR count). The van der Waals surface area contributed by atoms with Crippen LogP contribution in [0.3, 0.4) is 0 Å². The van der Waals surface area contributed by atoms with Gasteiger partial charge in [0.1, 0.15) is 5.75 Å². The van der Waals surface area contributed by atoms with E-state index in [-0.39, 0.29) is 23.5 Å². The molecule has 0 amide bonds. The molecule has 0 aliphatic carbocycles. The highest BCUT2D eigenvalue weighted by molar-refractivity contribution is 5.77. The van der Waals surface area contributed by atoms with E-state index >= 15 is 0 Å². The highest BCUT2D eigenvalue weighted by Gasteiger charge is 2.30. The summed E-state index contributed by atoms with van der Waals surface area (Å²) in [5.41, 5.74) is 0.374. The van der Waals surface area contributed by atoms with Crippen molar-refractivity contribution >= 4 is 22.8 Å². The quantitative estimate of drug-likeness (QED) is 0.626. The van der Waals surface area contributed by atoms with Gasteiger partial charge in [-0.05, 0) is 24.3 Å². The van der Waals surface area contributed by atoms with Crippen molar-refractivity contribution in [2.75, 3.05) is 11.4 Å². The second-order valence-electron chi connectivity index (χ2n) is 6.18. The van der Waals surface area contributed by atoms with E-state index in [1.165, 1.54) is 23.7 Å². The number of hydrogen-bond acceptors (Lipinski definition) is 6. The summed E-state index contributed by atoms with van der Waals surface area (Å²) in [6.07, 6.45) is -0.708. The Kier molecular flexibility index (Phi) is 3.22. The Hall–Kier alpha value is -3.07. The molecule has 2 N–H and O–H groups in total. The molecule has 3 heterocycles. The van der Waals surface area contributed by atoms with Gasteiger partial charge in [0.2, 0.25) is 5.95 Å². The van der Waals surface area contributed by atoms with Crippen molar-refractivity contribution in [2.45, 2.75) is 12.6 Å². The molecule has 9 nitrogen and oxygen atoms in total. The lowest BCUT2D eigenvalue weighted by Crippen LogP contribution is -2.40. The molecule has 0 radical (unpaired) electrons. The monoisotopic (exact) mass is 343 g/mol. The maximum absolute atomic E-state index is 12.6. The van der Waals surface area contributed by atoms with E-state index in [1.807, 2.05) is 0 Å². The number of phenols is 1. The Morgan fingerprint density at radius 2 is 1.76 bits per heavy atom. The van der Waals surface area contributed by atoms with Gasteiger partial charge >= 0.3 is 5.69 Å². The summed E-state index contributed by atoms with van der Waals surface area (Å²) < 4.78 is 3.99. The molecule has 1 atom stereocenters. The maximum Gasteiger partial charge on any atom is 0.332 e. The number of β-amino-alcohol motifs (C(OH)–C–C–N with tert-alkyl or cyclic N) is 1. The van der Waals surface area contributed by atoms with Gasteiger partial charge in [-0.15, -0.1) is 0 Å². The van der Waals surface area contributed by atoms with Crippen LogP contribution in [-0.2, 0) is 20.6 Å². The minimum atomic E-state index is -0.708. The molecular weight excluding hydrogens is 326 g/mol. The third-order valence-electron chi connectivity index (χ3n) is 4.52. The number of benzene rings is 1. The van der Waals surface area contributed by atoms with Gasteiger partial charge in [-0.25, -0.2) is 4.79 Å². The Morgan fingerprint density at radius 3 is 2.44 bits per heavy atom. The summed E-state index contributed by atoms with van der Waals surface area (Å²) >= 11 is 0. The van der Waals surface area contributed by atoms with Crippen molar-refractivity contribution in [2.24, 2.45) is 14.1 Å². The lowest BCUT2D eigenvalue weighted by atomic mass is 10.2. The van der Waals surface area contributed by atoms with E-state index in [2.05, 4.69) is 4.98 Å². The van der Waals surface area contributed by atoms with Gasteiger partial charge < -0.3 is 19.7 Å². The van der Waals surface area contributed by atoms with Crippen LogP contribution in [0.15, 0.2) is 33.9 Å². The molecule has 0 saturated carbocycles. The summed E-state index contributed by atoms with van der Waals surface area (Å²) in [4.78, 5) is 31.0. The second-order valence-corrected chi connectivity index (χ2v) is 6.18. The molecule has 1 aliphatic heterocycles. The summed E-state index contributed by atoms with van der Waals surface area (Å²) in [7, 11) is 2.98. The molecule has 25 heavy (non-hydrogen) atoms. The molecule has 3 aromatic rings. The number of nitrogens with zero attached hydrogens (tertiary/aromatic N) is 5. The lowest BCUT2D eigenvalue weighted by molar-refractivity contribution is 0.154. The Bertz CT molecular complexity index is 1090. The molecule has 0 unspecified atom stereocenters. The smallest absolute Gasteiger partial charge is 0.332 e. The van der Waals surface area contributed by atoms with E-state index in [0.29, 0.717) is 12.5 Å². The fourth-order valence-electron chi connectivity index (χ4n) is 3.23. The number of aromatic nitrogens is 4. The standard InChI is InChI=1S/C16H17N5O4/c1-18-13-12(14(24)19(2)16(18)25)21-8-11(23)7-20(15(21)17-13)9-3-5-10(22)6-4-9/h3-6,11,22-23H,7-8H2,1-2H3/t11-/m0/s1. The van der Waals surface area contributed by atoms with E-state index in [4.69, 9.17) is 0 Å². The van der Waals surface area contributed by atoms with E-state index in [1.54, 1.807) is 28.6 Å². The van der Waals surface area contributed by atoms with Gasteiger partial charge in [0.15, 0.2) is 11.2 Å². The molecule has 0 saturated heterocycles. The number of fused-ring (bicyclic) bond motifs is 3. The van der Waals surface area contributed by atoms with Gasteiger partial charge in [-0.3, -0.25) is 13.9 Å². The van der Waals surface area contributed by atoms with Crippen molar-refractivity contribution in [3.05, 3.63) is 45.1 Å². The molecular formula is C16H17N5O4. The summed E-state index contributed by atoms with van der Waals surface area (Å²) in [5, 5.41) is 19.8. The molecule has 2 aromatic heterocycles. The number of phenolic OH excluding ortho intramolecular Hbond substituents is 1. The fraction of sp³-hybridized carbons (Fsp3) is 0.312. The normalized spacial score (nSPS) is 17.1. The van der Waals surface area contributed by atoms with Gasteiger partial charge in [0, 0.05) is 19.8 Å². The first-order chi connectivity index (χ1) is 11.9. The van der Waals surface area contributed by atoms with Crippen molar-refractivity contribution in [1.29, 1.82) is 0 Å². The number of imidazole rings is 1. The van der Waals surface area contributed by atoms with E-state index in [0.717, 1.165) is 10.3 Å². The highest BCUT2D eigenvalue weighted by Crippen LogP contribution is 2.31. The highest BCUT2D eigenvalue weighted by atomic mass is 16.3. The Morgan fingerprint density at radius 1 is 1.08 bits per heavy atom. The number of hydrogen-bond donors (Lipinski definition) is 2. The zero-order valence-corrected chi connectivity index (χ0v) is 13.7. The third-order valence-corrected chi connectivity index (χ3v) is 4.52. The van der Waals surface area contributed by atoms with Crippen LogP contribution in [0.4, 0.5) is 11.6 Å². The predicted octanol–water partition coefficient (Wildman–Crippen LogP) is -0.348. The number of aliphatic hydroxyl groups excluding tert-OH is 1. The number of aromatic hydroxyl groups is 1. The number of rotatable bonds is 1. The average molecular weight is 343 g/mol. The zero-order valence-electron chi connectivity index (χ0n) is 13.7. The first kappa shape index (κ1) is 15.5. The van der Waals surface area contributed by atoms with Crippen LogP contribution in [-0.4, -0.2) is 41.5 Å². The van der Waals surface area contributed by atoms with E-state index in [9.17, 15) is 19.8 Å². The minimum absolute atomic E-state index is 0.131. The largest absolute Gasteiger partial charge is 0.508 e. The third kappa shape index (κ3) is 2.16. The topological polar surface area (TPSA) is 106 Å². The first-order valence-corrected chi connectivity index (χ1v) is 7.79. The van der Waals surface area contributed by atoms with Crippen molar-refractivity contribution in [1.82, 2.24) is 18.7 Å². The van der Waals surface area contributed by atoms with Gasteiger partial charge in [0.05, 0.1) is 19.2 Å². The van der Waals surface area contributed by atoms with Crippen molar-refractivity contribution in [3.63, 3.8) is 0 Å². The van der Waals surface area contributed by atoms with Crippen molar-refractivity contribution in [3.8, 4) is 5.75 Å². The number of anilines is 2. The van der Waals surface area contributed by atoms with Crippen LogP contribution in [0.2, 0.25) is 0 Å². The number of aryl methyl sites for hydroxylation is 1. The summed E-state index contributed by atoms with van der Waals surface area (Å²) in [6.45, 7) is 0.510. The van der Waals surface area contributed by atoms with Gasteiger partial charge in [-0.1, -0.05) is 0 Å². The van der Waals surface area contributed by atoms with Crippen LogP contribution >= 0.6 is 0 Å². The predicted molar refractivity (Wildman–Crippen MR) is 91.3 cm³/mol. The van der Waals surface area contributed by atoms with Crippen LogP contribution in [0.25, 0.3) is 11.2 Å². The average Bonchev–Trinajstić information content (AvgIpc) is 2.97. The van der Waals surface area contributed by atoms with Crippen LogP contribution in [0, 0.1) is 0 Å². The molecule has 0 spiro atoms. The zero-order chi connectivity index (χ0) is 17.9. The fourth-order valence-corrected chi connectivity index (χ4v) is 3.23. The molecule has 0 fully saturated rings. The van der Waals surface area contributed by atoms with Gasteiger partial charge in [-0.2, -0.15) is 4.98 Å². The summed E-state index contributed by atoms with van der Waals surface area (Å²) in [6, 6.07) is 6.48. The maximum atomic E-state index is 12.6. The van der Waals surface area contributed by atoms with E-state index < -0.39 is 17.4 Å². The Labute approximate surface area is 141 Å². The minimum Gasteiger partial charge on any atom is -0.508 e. The molecule has 1 aliphatic rings. The molecule has 1 aromatic carbocycles. The number of aliphatic hydroxyl groups is 1. The SMILES string of the molecule is Cn1c(=O)c2c(nc3n2C[C@@H](O)CN3c2ccc(O)cc2)n(C)c1=O. The molecule has 9 heteroatoms.